The molecule has 0 bridgehead atoms. The second kappa shape index (κ2) is 7.78. The van der Waals surface area contributed by atoms with E-state index in [1.165, 1.54) is 5.01 Å². The summed E-state index contributed by atoms with van der Waals surface area (Å²) in [4.78, 5) is 24.9. The summed E-state index contributed by atoms with van der Waals surface area (Å²) >= 11 is 0. The molecule has 1 N–H and O–H groups in total. The molecule has 1 aromatic heterocycles. The van der Waals surface area contributed by atoms with Gasteiger partial charge in [-0.3, -0.25) is 14.3 Å². The number of benzene rings is 1. The van der Waals surface area contributed by atoms with Crippen molar-refractivity contribution < 1.29 is 18.0 Å². The number of nitrogens with zero attached hydrogens (tertiary/aromatic N) is 4. The van der Waals surface area contributed by atoms with Crippen molar-refractivity contribution in [3.05, 3.63) is 48.3 Å². The number of anilines is 1. The predicted molar refractivity (Wildman–Crippen MR) is 107 cm³/mol. The molecule has 0 unspecified atom stereocenters. The summed E-state index contributed by atoms with van der Waals surface area (Å²) in [5, 5.41) is 12.4. The average molecular weight is 415 g/mol. The van der Waals surface area contributed by atoms with Crippen molar-refractivity contribution in [1.29, 1.82) is 0 Å². The lowest BCUT2D eigenvalue weighted by atomic mass is 10.1. The molecular formula is C19H21N5O4S. The first kappa shape index (κ1) is 19.3. The molecule has 1 atom stereocenters. The van der Waals surface area contributed by atoms with Crippen molar-refractivity contribution in [2.45, 2.75) is 31.8 Å². The molecule has 2 aromatic rings. The van der Waals surface area contributed by atoms with E-state index in [1.807, 2.05) is 30.5 Å². The Hall–Kier alpha value is -3.01. The lowest BCUT2D eigenvalue weighted by Gasteiger charge is -2.27. The molecular weight excluding hydrogens is 394 g/mol. The molecule has 9 nitrogen and oxygen atoms in total. The zero-order valence-corrected chi connectivity index (χ0v) is 16.5. The number of aromatic nitrogens is 2. The third-order valence-corrected chi connectivity index (χ3v) is 6.71. The van der Waals surface area contributed by atoms with Crippen LogP contribution in [-0.2, 0) is 26.0 Å². The number of nitrogens with one attached hydrogen (secondary N) is 1. The van der Waals surface area contributed by atoms with E-state index in [9.17, 15) is 18.0 Å². The minimum Gasteiger partial charge on any atom is -0.321 e. The fourth-order valence-electron chi connectivity index (χ4n) is 3.52. The van der Waals surface area contributed by atoms with Gasteiger partial charge < -0.3 is 5.32 Å². The summed E-state index contributed by atoms with van der Waals surface area (Å²) < 4.78 is 25.2. The van der Waals surface area contributed by atoms with Crippen LogP contribution in [0.25, 0.3) is 0 Å². The van der Waals surface area contributed by atoms with Crippen LogP contribution in [0.3, 0.4) is 0 Å². The maximum Gasteiger partial charge on any atom is 0.271 e. The van der Waals surface area contributed by atoms with E-state index < -0.39 is 15.9 Å². The number of amides is 2. The molecule has 0 aliphatic carbocycles. The number of carbonyl (C=O) groups excluding carboxylic acids is 2. The minimum absolute atomic E-state index is 0.0432. The zero-order valence-electron chi connectivity index (χ0n) is 15.7. The fourth-order valence-corrected chi connectivity index (χ4v) is 5.21. The number of rotatable bonds is 5. The predicted octanol–water partition coefficient (Wildman–Crippen LogP) is 1.04. The number of sulfone groups is 1. The van der Waals surface area contributed by atoms with Gasteiger partial charge in [0.15, 0.2) is 9.84 Å². The van der Waals surface area contributed by atoms with E-state index in [0.29, 0.717) is 18.7 Å². The molecule has 4 rings (SSSR count). The second-order valence-corrected chi connectivity index (χ2v) is 9.43. The van der Waals surface area contributed by atoms with E-state index in [4.69, 9.17) is 0 Å². The molecule has 0 radical (unpaired) electrons. The molecule has 3 heterocycles. The van der Waals surface area contributed by atoms with Crippen molar-refractivity contribution in [2.24, 2.45) is 5.10 Å². The van der Waals surface area contributed by atoms with Gasteiger partial charge in [0, 0.05) is 30.9 Å². The Morgan fingerprint density at radius 2 is 2.10 bits per heavy atom. The van der Waals surface area contributed by atoms with E-state index in [-0.39, 0.29) is 41.9 Å². The molecule has 0 saturated carbocycles. The van der Waals surface area contributed by atoms with Gasteiger partial charge in [0.1, 0.15) is 5.71 Å². The van der Waals surface area contributed by atoms with Crippen LogP contribution in [0.2, 0.25) is 0 Å². The molecule has 10 heteroatoms. The number of carbonyl (C=O) groups is 2. The lowest BCUT2D eigenvalue weighted by Crippen LogP contribution is -2.42. The van der Waals surface area contributed by atoms with Crippen LogP contribution in [0.15, 0.2) is 47.8 Å². The fraction of sp³-hybridized carbons (Fsp3) is 0.368. The van der Waals surface area contributed by atoms with Crippen molar-refractivity contribution in [2.75, 3.05) is 16.8 Å². The molecule has 2 amide bonds. The van der Waals surface area contributed by atoms with Crippen LogP contribution in [0.1, 0.15) is 24.8 Å². The van der Waals surface area contributed by atoms with Gasteiger partial charge in [0.05, 0.1) is 24.1 Å². The Morgan fingerprint density at radius 3 is 2.83 bits per heavy atom. The summed E-state index contributed by atoms with van der Waals surface area (Å²) in [6, 6.07) is 8.77. The maximum absolute atomic E-state index is 12.7. The Morgan fingerprint density at radius 1 is 1.24 bits per heavy atom. The Labute approximate surface area is 168 Å². The van der Waals surface area contributed by atoms with Gasteiger partial charge in [0.2, 0.25) is 5.91 Å². The number of hydrogen-bond donors (Lipinski definition) is 1. The Kier molecular flexibility index (Phi) is 5.18. The Balaban J connectivity index is 1.46. The van der Waals surface area contributed by atoms with Crippen molar-refractivity contribution in [3.63, 3.8) is 0 Å². The van der Waals surface area contributed by atoms with E-state index >= 15 is 0 Å². The van der Waals surface area contributed by atoms with Crippen LogP contribution in [0.5, 0.6) is 0 Å². The van der Waals surface area contributed by atoms with Gasteiger partial charge in [-0.1, -0.05) is 12.1 Å². The highest BCUT2D eigenvalue weighted by Gasteiger charge is 2.37. The van der Waals surface area contributed by atoms with Gasteiger partial charge in [-0.2, -0.15) is 10.2 Å². The van der Waals surface area contributed by atoms with Crippen LogP contribution >= 0.6 is 0 Å². The van der Waals surface area contributed by atoms with Crippen LogP contribution < -0.4 is 5.32 Å². The van der Waals surface area contributed by atoms with E-state index in [1.54, 1.807) is 16.9 Å². The van der Waals surface area contributed by atoms with E-state index in [2.05, 4.69) is 15.5 Å². The summed E-state index contributed by atoms with van der Waals surface area (Å²) in [7, 11) is -3.15. The highest BCUT2D eigenvalue weighted by molar-refractivity contribution is 7.91. The second-order valence-electron chi connectivity index (χ2n) is 7.20. The van der Waals surface area contributed by atoms with Crippen LogP contribution in [0.4, 0.5) is 5.69 Å². The normalized spacial score (nSPS) is 21.1. The summed E-state index contributed by atoms with van der Waals surface area (Å²) in [5.41, 5.74) is 1.82. The zero-order chi connectivity index (χ0) is 20.4. The maximum atomic E-state index is 12.7. The molecule has 1 saturated heterocycles. The first-order valence-electron chi connectivity index (χ1n) is 9.37. The molecule has 2 aliphatic heterocycles. The number of hydrogen-bond acceptors (Lipinski definition) is 6. The summed E-state index contributed by atoms with van der Waals surface area (Å²) in [5.74, 6) is -0.696. The van der Waals surface area contributed by atoms with Gasteiger partial charge in [-0.25, -0.2) is 13.4 Å². The van der Waals surface area contributed by atoms with Gasteiger partial charge in [0.25, 0.3) is 5.91 Å². The Bertz CT molecular complexity index is 1060. The van der Waals surface area contributed by atoms with Crippen molar-refractivity contribution in [3.8, 4) is 0 Å². The highest BCUT2D eigenvalue weighted by Crippen LogP contribution is 2.22. The van der Waals surface area contributed by atoms with E-state index in [0.717, 1.165) is 5.56 Å². The topological polar surface area (TPSA) is 114 Å². The largest absolute Gasteiger partial charge is 0.321 e. The lowest BCUT2D eigenvalue weighted by molar-refractivity contribution is -0.133. The minimum atomic E-state index is -3.15. The third kappa shape index (κ3) is 4.53. The third-order valence-electron chi connectivity index (χ3n) is 4.96. The first-order chi connectivity index (χ1) is 13.9. The molecule has 29 heavy (non-hydrogen) atoms. The van der Waals surface area contributed by atoms with Gasteiger partial charge in [-0.15, -0.1) is 0 Å². The van der Waals surface area contributed by atoms with Gasteiger partial charge >= 0.3 is 0 Å². The SMILES string of the molecule is O=C(Nc1cccc(Cn2cccn2)c1)C1=NN([C@H]2CCS(=O)(=O)C2)C(=O)CC1. The molecule has 0 spiro atoms. The smallest absolute Gasteiger partial charge is 0.271 e. The summed E-state index contributed by atoms with van der Waals surface area (Å²) in [6.07, 6.45) is 4.28. The molecule has 1 aromatic carbocycles. The monoisotopic (exact) mass is 415 g/mol. The van der Waals surface area contributed by atoms with Crippen LogP contribution in [0, 0.1) is 0 Å². The number of hydrazone groups is 1. The molecule has 2 aliphatic rings. The average Bonchev–Trinajstić information content (AvgIpc) is 3.31. The molecule has 1 fully saturated rings. The van der Waals surface area contributed by atoms with Crippen molar-refractivity contribution >= 4 is 33.1 Å². The standard InChI is InChI=1S/C19H21N5O4S/c25-18-6-5-17(22-24(18)16-7-10-29(27,28)13-16)19(26)21-15-4-1-3-14(11-15)12-23-9-2-8-20-23/h1-4,8-9,11,16H,5-7,10,12-13H2,(H,21,26)/t16-/m0/s1. The molecule has 152 valence electrons. The first-order valence-corrected chi connectivity index (χ1v) is 11.2. The van der Waals surface area contributed by atoms with Crippen LogP contribution in [-0.4, -0.2) is 58.3 Å². The summed E-state index contributed by atoms with van der Waals surface area (Å²) in [6.45, 7) is 0.579. The van der Waals surface area contributed by atoms with Gasteiger partial charge in [-0.05, 0) is 30.2 Å². The van der Waals surface area contributed by atoms with Crippen molar-refractivity contribution in [1.82, 2.24) is 14.8 Å². The highest BCUT2D eigenvalue weighted by atomic mass is 32.2. The quantitative estimate of drug-likeness (QED) is 0.784.